The van der Waals surface area contributed by atoms with E-state index in [0.717, 1.165) is 48.8 Å². The van der Waals surface area contributed by atoms with E-state index >= 15 is 0 Å². The third-order valence-electron chi connectivity index (χ3n) is 6.35. The maximum Gasteiger partial charge on any atom is 0.354 e. The smallest absolute Gasteiger partial charge is 0.354 e. The molecular formula is C21H27N5O4S. The van der Waals surface area contributed by atoms with Crippen molar-refractivity contribution in [3.8, 4) is 5.88 Å². The van der Waals surface area contributed by atoms with Crippen LogP contribution in [0.3, 0.4) is 0 Å². The predicted molar refractivity (Wildman–Crippen MR) is 116 cm³/mol. The summed E-state index contributed by atoms with van der Waals surface area (Å²) in [6.45, 7) is 4.30. The Balaban J connectivity index is 1.50. The van der Waals surface area contributed by atoms with E-state index in [9.17, 15) is 14.1 Å². The molecule has 0 spiro atoms. The molecule has 2 aliphatic carbocycles. The molecular weight excluding hydrogens is 418 g/mol. The number of aliphatic hydroxyl groups excluding tert-OH is 1. The molecule has 1 aromatic heterocycles. The van der Waals surface area contributed by atoms with Gasteiger partial charge >= 0.3 is 6.03 Å². The fourth-order valence-corrected chi connectivity index (χ4v) is 6.01. The zero-order chi connectivity index (χ0) is 22.0. The minimum absolute atomic E-state index is 0.0204. The van der Waals surface area contributed by atoms with Gasteiger partial charge in [-0.15, -0.1) is 4.36 Å². The highest BCUT2D eigenvalue weighted by Crippen LogP contribution is 2.44. The Hall–Kier alpha value is -2.43. The number of benzene rings is 1. The lowest BCUT2D eigenvalue weighted by Gasteiger charge is -2.18. The SMILES string of the molecule is CC1(C)Cn2ncc([S@@](N)(=O)=NC(=O)Nc3c4c(cc5c3[C@@H](CO)CC5)CCC4)c2O1. The average Bonchev–Trinajstić information content (AvgIpc) is 3.42. The van der Waals surface area contributed by atoms with E-state index in [2.05, 4.69) is 20.8 Å². The van der Waals surface area contributed by atoms with Crippen LogP contribution >= 0.6 is 0 Å². The summed E-state index contributed by atoms with van der Waals surface area (Å²) >= 11 is 0. The molecule has 4 N–H and O–H groups in total. The Morgan fingerprint density at radius 2 is 2.23 bits per heavy atom. The zero-order valence-electron chi connectivity index (χ0n) is 17.7. The van der Waals surface area contributed by atoms with Crippen LogP contribution in [0.2, 0.25) is 0 Å². The van der Waals surface area contributed by atoms with Gasteiger partial charge < -0.3 is 15.2 Å². The van der Waals surface area contributed by atoms with Crippen molar-refractivity contribution in [2.75, 3.05) is 11.9 Å². The molecule has 2 amide bonds. The Morgan fingerprint density at radius 1 is 1.42 bits per heavy atom. The highest BCUT2D eigenvalue weighted by atomic mass is 32.2. The fraction of sp³-hybridized carbons (Fsp3) is 0.524. The number of hydrogen-bond donors (Lipinski definition) is 3. The van der Waals surface area contributed by atoms with Crippen LogP contribution in [-0.4, -0.2) is 37.3 Å². The molecule has 0 radical (unpaired) electrons. The molecule has 166 valence electrons. The Morgan fingerprint density at radius 3 is 3.00 bits per heavy atom. The van der Waals surface area contributed by atoms with E-state index in [1.54, 1.807) is 4.68 Å². The molecule has 9 nitrogen and oxygen atoms in total. The molecule has 0 bridgehead atoms. The molecule has 2 aromatic rings. The van der Waals surface area contributed by atoms with Gasteiger partial charge in [-0.2, -0.15) is 5.10 Å². The van der Waals surface area contributed by atoms with Gasteiger partial charge in [0.15, 0.2) is 9.92 Å². The van der Waals surface area contributed by atoms with Gasteiger partial charge in [-0.1, -0.05) is 6.07 Å². The summed E-state index contributed by atoms with van der Waals surface area (Å²) in [6.07, 6.45) is 5.91. The number of nitrogens with one attached hydrogen (secondary N) is 1. The van der Waals surface area contributed by atoms with Crippen molar-refractivity contribution in [1.29, 1.82) is 0 Å². The summed E-state index contributed by atoms with van der Waals surface area (Å²) < 4.78 is 24.4. The van der Waals surface area contributed by atoms with Crippen molar-refractivity contribution in [1.82, 2.24) is 9.78 Å². The maximum absolute atomic E-state index is 13.2. The fourth-order valence-electron chi connectivity index (χ4n) is 5.03. The summed E-state index contributed by atoms with van der Waals surface area (Å²) in [5.41, 5.74) is 4.66. The van der Waals surface area contributed by atoms with Crippen molar-refractivity contribution in [2.45, 2.75) is 68.9 Å². The lowest BCUT2D eigenvalue weighted by molar-refractivity contribution is 0.132. The van der Waals surface area contributed by atoms with E-state index in [1.807, 2.05) is 13.8 Å². The van der Waals surface area contributed by atoms with Crippen molar-refractivity contribution >= 4 is 21.6 Å². The maximum atomic E-state index is 13.2. The second kappa shape index (κ2) is 7.04. The molecule has 5 rings (SSSR count). The normalized spacial score (nSPS) is 22.3. The number of fused-ring (bicyclic) bond motifs is 3. The standard InChI is InChI=1S/C21H27N5O4S/c1-21(2)11-26-19(30-21)16(9-23-26)31(22,29)25-20(28)24-18-15-5-3-4-12(15)8-13-6-7-14(10-27)17(13)18/h8-9,14,27H,3-7,10-11H2,1-2H3,(H3,22,24,25,28,29)/t14-,31+/m1/s1. The summed E-state index contributed by atoms with van der Waals surface area (Å²) in [4.78, 5) is 13.0. The van der Waals surface area contributed by atoms with Crippen molar-refractivity contribution < 1.29 is 18.8 Å². The van der Waals surface area contributed by atoms with Crippen LogP contribution in [0.15, 0.2) is 21.5 Å². The quantitative estimate of drug-likeness (QED) is 0.668. The van der Waals surface area contributed by atoms with Gasteiger partial charge in [0.1, 0.15) is 10.5 Å². The molecule has 10 heteroatoms. The molecule has 1 aromatic carbocycles. The highest BCUT2D eigenvalue weighted by Gasteiger charge is 2.36. The lowest BCUT2D eigenvalue weighted by atomic mass is 9.94. The number of nitrogens with zero attached hydrogens (tertiary/aromatic N) is 3. The molecule has 0 saturated carbocycles. The Kier molecular flexibility index (Phi) is 4.65. The number of carbonyl (C=O) groups excluding carboxylic acids is 1. The number of aliphatic hydroxyl groups is 1. The largest absolute Gasteiger partial charge is 0.469 e. The second-order valence-corrected chi connectivity index (χ2v) is 10.9. The van der Waals surface area contributed by atoms with Crippen LogP contribution in [0.5, 0.6) is 5.88 Å². The minimum Gasteiger partial charge on any atom is -0.469 e. The van der Waals surface area contributed by atoms with Crippen LogP contribution < -0.4 is 15.2 Å². The van der Waals surface area contributed by atoms with Crippen molar-refractivity contribution in [2.24, 2.45) is 9.50 Å². The number of aryl methyl sites for hydroxylation is 2. The first-order chi connectivity index (χ1) is 14.7. The number of aromatic nitrogens is 2. The minimum atomic E-state index is -3.55. The molecule has 0 saturated heterocycles. The zero-order valence-corrected chi connectivity index (χ0v) is 18.5. The number of nitrogens with two attached hydrogens (primary N) is 1. The number of ether oxygens (including phenoxy) is 1. The third kappa shape index (κ3) is 3.42. The van der Waals surface area contributed by atoms with Gasteiger partial charge in [-0.25, -0.2) is 18.8 Å². The third-order valence-corrected chi connectivity index (χ3v) is 7.69. The second-order valence-electron chi connectivity index (χ2n) is 9.16. The summed E-state index contributed by atoms with van der Waals surface area (Å²) in [6, 6.07) is 1.44. The van der Waals surface area contributed by atoms with Crippen LogP contribution in [0.1, 0.15) is 54.9 Å². The predicted octanol–water partition coefficient (Wildman–Crippen LogP) is 2.50. The first-order valence-electron chi connectivity index (χ1n) is 10.6. The molecule has 2 atom stereocenters. The van der Waals surface area contributed by atoms with Gasteiger partial charge in [0.2, 0.25) is 5.88 Å². The average molecular weight is 446 g/mol. The number of anilines is 1. The topological polar surface area (TPSA) is 132 Å². The van der Waals surface area contributed by atoms with Gasteiger partial charge in [-0.3, -0.25) is 0 Å². The molecule has 31 heavy (non-hydrogen) atoms. The summed E-state index contributed by atoms with van der Waals surface area (Å²) in [7, 11) is -3.55. The lowest BCUT2D eigenvalue weighted by Crippen LogP contribution is -2.27. The first kappa shape index (κ1) is 20.5. The van der Waals surface area contributed by atoms with Crippen molar-refractivity contribution in [3.05, 3.63) is 34.5 Å². The van der Waals surface area contributed by atoms with E-state index in [4.69, 9.17) is 9.88 Å². The molecule has 3 aliphatic rings. The van der Waals surface area contributed by atoms with Crippen LogP contribution in [0.25, 0.3) is 0 Å². The first-order valence-corrected chi connectivity index (χ1v) is 12.2. The molecule has 0 fully saturated rings. The van der Waals surface area contributed by atoms with Crippen LogP contribution in [-0.2, 0) is 35.7 Å². The van der Waals surface area contributed by atoms with Gasteiger partial charge in [0, 0.05) is 11.6 Å². The molecule has 0 unspecified atom stereocenters. The number of urea groups is 1. The van der Waals surface area contributed by atoms with Crippen LogP contribution in [0.4, 0.5) is 10.5 Å². The van der Waals surface area contributed by atoms with E-state index in [0.29, 0.717) is 12.2 Å². The van der Waals surface area contributed by atoms with E-state index < -0.39 is 21.5 Å². The summed E-state index contributed by atoms with van der Waals surface area (Å²) in [5, 5.41) is 22.9. The number of rotatable bonds is 3. The van der Waals surface area contributed by atoms with Crippen LogP contribution in [0, 0.1) is 0 Å². The Labute approximate surface area is 181 Å². The van der Waals surface area contributed by atoms with Crippen molar-refractivity contribution in [3.63, 3.8) is 0 Å². The van der Waals surface area contributed by atoms with E-state index in [-0.39, 0.29) is 23.3 Å². The number of carbonyl (C=O) groups is 1. The molecule has 2 heterocycles. The number of hydrogen-bond acceptors (Lipinski definition) is 5. The van der Waals surface area contributed by atoms with Gasteiger partial charge in [0.05, 0.1) is 19.3 Å². The monoisotopic (exact) mass is 445 g/mol. The van der Waals surface area contributed by atoms with E-state index in [1.165, 1.54) is 11.8 Å². The van der Waals surface area contributed by atoms with Gasteiger partial charge in [0.25, 0.3) is 0 Å². The Bertz CT molecular complexity index is 1210. The molecule has 1 aliphatic heterocycles. The van der Waals surface area contributed by atoms with Gasteiger partial charge in [-0.05, 0) is 68.2 Å². The highest BCUT2D eigenvalue weighted by molar-refractivity contribution is 7.91. The number of amides is 2. The summed E-state index contributed by atoms with van der Waals surface area (Å²) in [5.74, 6) is 0.267.